The third-order valence-electron chi connectivity index (χ3n) is 3.23. The van der Waals surface area contributed by atoms with Crippen LogP contribution in [-0.4, -0.2) is 19.0 Å². The quantitative estimate of drug-likeness (QED) is 0.677. The van der Waals surface area contributed by atoms with E-state index in [4.69, 9.17) is 0 Å². The topological polar surface area (TPSA) is 12.0 Å². The number of hydrogen-bond acceptors (Lipinski definition) is 1. The van der Waals surface area contributed by atoms with Crippen LogP contribution in [0.4, 0.5) is 8.78 Å². The van der Waals surface area contributed by atoms with Crippen LogP contribution in [0.25, 0.3) is 0 Å². The highest BCUT2D eigenvalue weighted by molar-refractivity contribution is 4.93. The van der Waals surface area contributed by atoms with Crippen molar-refractivity contribution in [3.05, 3.63) is 0 Å². The van der Waals surface area contributed by atoms with Gasteiger partial charge in [-0.05, 0) is 12.8 Å². The lowest BCUT2D eigenvalue weighted by Gasteiger charge is -2.37. The number of halogens is 2. The van der Waals surface area contributed by atoms with E-state index in [1.54, 1.807) is 0 Å². The predicted molar refractivity (Wildman–Crippen MR) is 43.3 cm³/mol. The van der Waals surface area contributed by atoms with Crippen LogP contribution in [0.3, 0.4) is 0 Å². The molecule has 0 spiro atoms. The Morgan fingerprint density at radius 2 is 1.58 bits per heavy atom. The molecular formula is C9H15F2N. The van der Waals surface area contributed by atoms with Gasteiger partial charge in [0.05, 0.1) is 0 Å². The molecule has 2 aliphatic rings. The lowest BCUT2D eigenvalue weighted by molar-refractivity contribution is -0.121. The van der Waals surface area contributed by atoms with Crippen molar-refractivity contribution in [2.75, 3.05) is 13.1 Å². The minimum absolute atomic E-state index is 0.315. The maximum atomic E-state index is 13.5. The zero-order chi connectivity index (χ0) is 8.60. The second kappa shape index (κ2) is 2.95. The van der Waals surface area contributed by atoms with Gasteiger partial charge in [0.25, 0.3) is 5.92 Å². The zero-order valence-electron chi connectivity index (χ0n) is 7.15. The van der Waals surface area contributed by atoms with E-state index in [0.717, 1.165) is 25.7 Å². The lowest BCUT2D eigenvalue weighted by Crippen LogP contribution is -2.54. The molecule has 1 saturated heterocycles. The molecule has 0 aromatic heterocycles. The molecule has 2 fully saturated rings. The van der Waals surface area contributed by atoms with Crippen LogP contribution in [0.2, 0.25) is 0 Å². The van der Waals surface area contributed by atoms with Crippen molar-refractivity contribution in [1.29, 1.82) is 0 Å². The van der Waals surface area contributed by atoms with Gasteiger partial charge in [0, 0.05) is 24.9 Å². The Morgan fingerprint density at radius 3 is 2.00 bits per heavy atom. The van der Waals surface area contributed by atoms with Gasteiger partial charge in [-0.15, -0.1) is 0 Å². The Kier molecular flexibility index (Phi) is 2.07. The molecule has 1 saturated carbocycles. The van der Waals surface area contributed by atoms with Gasteiger partial charge in [0.2, 0.25) is 0 Å². The molecule has 1 aliphatic heterocycles. The van der Waals surface area contributed by atoms with Gasteiger partial charge in [0.15, 0.2) is 0 Å². The number of nitrogens with one attached hydrogen (secondary N) is 1. The molecule has 2 rings (SSSR count). The van der Waals surface area contributed by atoms with Gasteiger partial charge in [-0.2, -0.15) is 0 Å². The summed E-state index contributed by atoms with van der Waals surface area (Å²) >= 11 is 0. The minimum Gasteiger partial charge on any atom is -0.316 e. The van der Waals surface area contributed by atoms with Crippen LogP contribution < -0.4 is 5.32 Å². The molecule has 3 heteroatoms. The summed E-state index contributed by atoms with van der Waals surface area (Å²) in [5.74, 6) is -3.08. The summed E-state index contributed by atoms with van der Waals surface area (Å²) in [6.45, 7) is 1.03. The van der Waals surface area contributed by atoms with Crippen molar-refractivity contribution >= 4 is 0 Å². The van der Waals surface area contributed by atoms with Crippen molar-refractivity contribution in [2.24, 2.45) is 11.8 Å². The fourth-order valence-electron chi connectivity index (χ4n) is 2.20. The normalized spacial score (nSPS) is 27.5. The molecule has 0 amide bonds. The molecule has 0 aromatic carbocycles. The van der Waals surface area contributed by atoms with Gasteiger partial charge in [0.1, 0.15) is 0 Å². The molecule has 12 heavy (non-hydrogen) atoms. The van der Waals surface area contributed by atoms with Crippen LogP contribution >= 0.6 is 0 Å². The standard InChI is InChI=1S/C9H15F2N/c10-9(11,8-5-12-6-8)7-3-1-2-4-7/h7-8,12H,1-6H2. The van der Waals surface area contributed by atoms with Gasteiger partial charge >= 0.3 is 0 Å². The fraction of sp³-hybridized carbons (Fsp3) is 1.00. The van der Waals surface area contributed by atoms with E-state index < -0.39 is 5.92 Å². The van der Waals surface area contributed by atoms with Crippen LogP contribution in [0.15, 0.2) is 0 Å². The average molecular weight is 175 g/mol. The Labute approximate surface area is 71.5 Å². The predicted octanol–water partition coefficient (Wildman–Crippen LogP) is 2.03. The van der Waals surface area contributed by atoms with Crippen molar-refractivity contribution in [3.8, 4) is 0 Å². The van der Waals surface area contributed by atoms with Crippen molar-refractivity contribution in [2.45, 2.75) is 31.6 Å². The van der Waals surface area contributed by atoms with E-state index >= 15 is 0 Å². The van der Waals surface area contributed by atoms with E-state index in [-0.39, 0.29) is 11.8 Å². The highest BCUT2D eigenvalue weighted by Gasteiger charge is 2.49. The van der Waals surface area contributed by atoms with E-state index in [0.29, 0.717) is 13.1 Å². The molecule has 1 N–H and O–H groups in total. The Bertz CT molecular complexity index is 160. The minimum atomic E-state index is -2.39. The van der Waals surface area contributed by atoms with Gasteiger partial charge in [-0.1, -0.05) is 12.8 Å². The molecule has 1 heterocycles. The summed E-state index contributed by atoms with van der Waals surface area (Å²) in [6.07, 6.45) is 3.48. The first kappa shape index (κ1) is 8.42. The fourth-order valence-corrected chi connectivity index (χ4v) is 2.20. The van der Waals surface area contributed by atoms with Crippen LogP contribution in [0.5, 0.6) is 0 Å². The molecule has 70 valence electrons. The van der Waals surface area contributed by atoms with E-state index in [1.165, 1.54) is 0 Å². The third kappa shape index (κ3) is 1.24. The molecular weight excluding hydrogens is 160 g/mol. The smallest absolute Gasteiger partial charge is 0.256 e. The lowest BCUT2D eigenvalue weighted by atomic mass is 9.85. The Morgan fingerprint density at radius 1 is 1.00 bits per heavy atom. The summed E-state index contributed by atoms with van der Waals surface area (Å²) in [5, 5.41) is 2.91. The average Bonchev–Trinajstić information content (AvgIpc) is 2.30. The summed E-state index contributed by atoms with van der Waals surface area (Å²) < 4.78 is 27.1. The van der Waals surface area contributed by atoms with E-state index in [9.17, 15) is 8.78 Å². The van der Waals surface area contributed by atoms with E-state index in [2.05, 4.69) is 5.32 Å². The van der Waals surface area contributed by atoms with Crippen molar-refractivity contribution in [1.82, 2.24) is 5.32 Å². The highest BCUT2D eigenvalue weighted by Crippen LogP contribution is 2.43. The first-order valence-corrected chi connectivity index (χ1v) is 4.80. The van der Waals surface area contributed by atoms with Gasteiger partial charge in [-0.25, -0.2) is 8.78 Å². The highest BCUT2D eigenvalue weighted by atomic mass is 19.3. The van der Waals surface area contributed by atoms with Crippen molar-refractivity contribution < 1.29 is 8.78 Å². The maximum absolute atomic E-state index is 13.5. The Balaban J connectivity index is 1.97. The van der Waals surface area contributed by atoms with Gasteiger partial charge in [-0.3, -0.25) is 0 Å². The summed E-state index contributed by atoms with van der Waals surface area (Å²) in [6, 6.07) is 0. The van der Waals surface area contributed by atoms with Crippen molar-refractivity contribution in [3.63, 3.8) is 0 Å². The van der Waals surface area contributed by atoms with E-state index in [1.807, 2.05) is 0 Å². The first-order chi connectivity index (χ1) is 5.71. The molecule has 1 nitrogen and oxygen atoms in total. The monoisotopic (exact) mass is 175 g/mol. The molecule has 1 aliphatic carbocycles. The van der Waals surface area contributed by atoms with Crippen LogP contribution in [0.1, 0.15) is 25.7 Å². The third-order valence-corrected chi connectivity index (χ3v) is 3.23. The molecule has 0 unspecified atom stereocenters. The largest absolute Gasteiger partial charge is 0.316 e. The second-order valence-corrected chi connectivity index (χ2v) is 4.01. The Hall–Kier alpha value is -0.180. The number of alkyl halides is 2. The first-order valence-electron chi connectivity index (χ1n) is 4.80. The molecule has 0 aromatic rings. The molecule has 0 bridgehead atoms. The SMILES string of the molecule is FC(F)(C1CCCC1)C1CNC1. The summed E-state index contributed by atoms with van der Waals surface area (Å²) in [7, 11) is 0. The number of hydrogen-bond donors (Lipinski definition) is 1. The zero-order valence-corrected chi connectivity index (χ0v) is 7.15. The second-order valence-electron chi connectivity index (χ2n) is 4.01. The molecule has 0 atom stereocenters. The van der Waals surface area contributed by atoms with Crippen LogP contribution in [-0.2, 0) is 0 Å². The molecule has 0 radical (unpaired) electrons. The maximum Gasteiger partial charge on any atom is 0.256 e. The van der Waals surface area contributed by atoms with Gasteiger partial charge < -0.3 is 5.32 Å². The number of rotatable bonds is 2. The summed E-state index contributed by atoms with van der Waals surface area (Å²) in [5.41, 5.74) is 0. The summed E-state index contributed by atoms with van der Waals surface area (Å²) in [4.78, 5) is 0. The van der Waals surface area contributed by atoms with Crippen LogP contribution in [0, 0.1) is 11.8 Å².